The number of aromatic nitrogens is 2. The standard InChI is InChI=1S/C13H18N4O2/c1-9-4-5-13(19-9)16-11-8-12(15-10(2)14-11)17(3)6-7-18/h4-5,8,18H,6-7H2,1-3H3,(H,14,15,16). The zero-order valence-corrected chi connectivity index (χ0v) is 11.3. The Balaban J connectivity index is 2.21. The molecule has 19 heavy (non-hydrogen) atoms. The molecule has 6 heteroatoms. The van der Waals surface area contributed by atoms with Crippen LogP contribution in [0.1, 0.15) is 11.6 Å². The number of likely N-dealkylation sites (N-methyl/N-ethyl adjacent to an activating group) is 1. The molecule has 102 valence electrons. The van der Waals surface area contributed by atoms with Gasteiger partial charge in [0.25, 0.3) is 0 Å². The van der Waals surface area contributed by atoms with Crippen LogP contribution in [0, 0.1) is 13.8 Å². The number of nitrogens with one attached hydrogen (secondary N) is 1. The molecular weight excluding hydrogens is 244 g/mol. The Hall–Kier alpha value is -2.08. The summed E-state index contributed by atoms with van der Waals surface area (Å²) in [6.45, 7) is 4.32. The second-order valence-electron chi connectivity index (χ2n) is 4.34. The Morgan fingerprint density at radius 3 is 2.74 bits per heavy atom. The monoisotopic (exact) mass is 262 g/mol. The van der Waals surface area contributed by atoms with Gasteiger partial charge < -0.3 is 19.7 Å². The van der Waals surface area contributed by atoms with E-state index >= 15 is 0 Å². The number of hydrogen-bond acceptors (Lipinski definition) is 6. The Kier molecular flexibility index (Phi) is 4.01. The predicted octanol–water partition coefficient (Wildman–Crippen LogP) is 1.86. The van der Waals surface area contributed by atoms with Crippen LogP contribution >= 0.6 is 0 Å². The van der Waals surface area contributed by atoms with Gasteiger partial charge in [0.05, 0.1) is 6.61 Å². The van der Waals surface area contributed by atoms with E-state index in [9.17, 15) is 0 Å². The summed E-state index contributed by atoms with van der Waals surface area (Å²) >= 11 is 0. The highest BCUT2D eigenvalue weighted by Crippen LogP contribution is 2.20. The van der Waals surface area contributed by atoms with Crippen molar-refractivity contribution in [2.24, 2.45) is 0 Å². The molecule has 0 unspecified atom stereocenters. The van der Waals surface area contributed by atoms with Gasteiger partial charge in [0.15, 0.2) is 5.88 Å². The quantitative estimate of drug-likeness (QED) is 0.856. The van der Waals surface area contributed by atoms with Crippen molar-refractivity contribution in [3.8, 4) is 0 Å². The predicted molar refractivity (Wildman–Crippen MR) is 73.9 cm³/mol. The summed E-state index contributed by atoms with van der Waals surface area (Å²) in [6, 6.07) is 5.56. The van der Waals surface area contributed by atoms with Gasteiger partial charge in [-0.2, -0.15) is 0 Å². The van der Waals surface area contributed by atoms with E-state index < -0.39 is 0 Å². The molecule has 0 aliphatic rings. The van der Waals surface area contributed by atoms with Crippen molar-refractivity contribution in [3.05, 3.63) is 29.8 Å². The highest BCUT2D eigenvalue weighted by molar-refractivity contribution is 5.55. The molecule has 0 aliphatic heterocycles. The van der Waals surface area contributed by atoms with Crippen LogP contribution in [0.25, 0.3) is 0 Å². The van der Waals surface area contributed by atoms with E-state index in [4.69, 9.17) is 9.52 Å². The van der Waals surface area contributed by atoms with Crippen LogP contribution in [0.5, 0.6) is 0 Å². The molecule has 0 spiro atoms. The van der Waals surface area contributed by atoms with E-state index in [-0.39, 0.29) is 6.61 Å². The maximum atomic E-state index is 8.96. The molecule has 6 nitrogen and oxygen atoms in total. The van der Waals surface area contributed by atoms with E-state index in [2.05, 4.69) is 15.3 Å². The molecule has 0 saturated carbocycles. The molecule has 2 aromatic rings. The Labute approximate surface area is 112 Å². The molecule has 0 atom stereocenters. The zero-order valence-electron chi connectivity index (χ0n) is 11.3. The molecule has 2 heterocycles. The fourth-order valence-electron chi connectivity index (χ4n) is 1.70. The van der Waals surface area contributed by atoms with E-state index in [0.717, 1.165) is 11.6 Å². The lowest BCUT2D eigenvalue weighted by Crippen LogP contribution is -2.22. The average Bonchev–Trinajstić information content (AvgIpc) is 2.74. The first-order chi connectivity index (χ1) is 9.08. The molecule has 0 saturated heterocycles. The highest BCUT2D eigenvalue weighted by atomic mass is 16.4. The van der Waals surface area contributed by atoms with Crippen LogP contribution in [-0.2, 0) is 0 Å². The summed E-state index contributed by atoms with van der Waals surface area (Å²) in [6.07, 6.45) is 0. The van der Waals surface area contributed by atoms with Gasteiger partial charge in [-0.15, -0.1) is 0 Å². The summed E-state index contributed by atoms with van der Waals surface area (Å²) in [5, 5.41) is 12.1. The van der Waals surface area contributed by atoms with Crippen molar-refractivity contribution in [1.29, 1.82) is 0 Å². The van der Waals surface area contributed by atoms with Crippen molar-refractivity contribution in [2.75, 3.05) is 30.4 Å². The third-order valence-electron chi connectivity index (χ3n) is 2.64. The molecule has 2 rings (SSSR count). The number of nitrogens with zero attached hydrogens (tertiary/aromatic N) is 3. The van der Waals surface area contributed by atoms with Crippen LogP contribution < -0.4 is 10.2 Å². The summed E-state index contributed by atoms with van der Waals surface area (Å²) in [5.41, 5.74) is 0. The molecular formula is C13H18N4O2. The number of hydrogen-bond donors (Lipinski definition) is 2. The minimum absolute atomic E-state index is 0.0830. The van der Waals surface area contributed by atoms with E-state index in [0.29, 0.717) is 24.1 Å². The molecule has 0 aliphatic carbocycles. The first-order valence-electron chi connectivity index (χ1n) is 6.09. The van der Waals surface area contributed by atoms with Gasteiger partial charge in [-0.3, -0.25) is 0 Å². The van der Waals surface area contributed by atoms with Crippen LogP contribution in [0.4, 0.5) is 17.5 Å². The third kappa shape index (κ3) is 3.45. The number of furan rings is 1. The molecule has 0 fully saturated rings. The van der Waals surface area contributed by atoms with Crippen LogP contribution in [0.15, 0.2) is 22.6 Å². The Bertz CT molecular complexity index is 553. The van der Waals surface area contributed by atoms with Crippen LogP contribution in [-0.4, -0.2) is 35.3 Å². The van der Waals surface area contributed by atoms with Gasteiger partial charge in [-0.05, 0) is 19.9 Å². The van der Waals surface area contributed by atoms with Gasteiger partial charge in [-0.1, -0.05) is 0 Å². The Morgan fingerprint density at radius 1 is 1.32 bits per heavy atom. The fourth-order valence-corrected chi connectivity index (χ4v) is 1.70. The topological polar surface area (TPSA) is 74.4 Å². The first kappa shape index (κ1) is 13.4. The largest absolute Gasteiger partial charge is 0.446 e. The highest BCUT2D eigenvalue weighted by Gasteiger charge is 2.07. The zero-order chi connectivity index (χ0) is 13.8. The average molecular weight is 262 g/mol. The second kappa shape index (κ2) is 5.71. The third-order valence-corrected chi connectivity index (χ3v) is 2.64. The fraction of sp³-hybridized carbons (Fsp3) is 0.385. The lowest BCUT2D eigenvalue weighted by Gasteiger charge is -2.17. The second-order valence-corrected chi connectivity index (χ2v) is 4.34. The van der Waals surface area contributed by atoms with Crippen molar-refractivity contribution in [3.63, 3.8) is 0 Å². The molecule has 0 radical (unpaired) electrons. The maximum absolute atomic E-state index is 8.96. The van der Waals surface area contributed by atoms with E-state index in [1.165, 1.54) is 0 Å². The number of aryl methyl sites for hydroxylation is 2. The lowest BCUT2D eigenvalue weighted by molar-refractivity contribution is 0.304. The maximum Gasteiger partial charge on any atom is 0.198 e. The molecule has 0 aromatic carbocycles. The summed E-state index contributed by atoms with van der Waals surface area (Å²) in [4.78, 5) is 10.5. The summed E-state index contributed by atoms with van der Waals surface area (Å²) in [7, 11) is 1.87. The lowest BCUT2D eigenvalue weighted by atomic mass is 10.4. The van der Waals surface area contributed by atoms with Crippen LogP contribution in [0.3, 0.4) is 0 Å². The molecule has 0 bridgehead atoms. The molecule has 2 aromatic heterocycles. The van der Waals surface area contributed by atoms with Gasteiger partial charge >= 0.3 is 0 Å². The van der Waals surface area contributed by atoms with E-state index in [1.54, 1.807) is 0 Å². The van der Waals surface area contributed by atoms with Gasteiger partial charge in [0.2, 0.25) is 0 Å². The molecule has 2 N–H and O–H groups in total. The van der Waals surface area contributed by atoms with Gasteiger partial charge in [0.1, 0.15) is 23.2 Å². The minimum atomic E-state index is 0.0830. The van der Waals surface area contributed by atoms with Crippen LogP contribution in [0.2, 0.25) is 0 Å². The first-order valence-corrected chi connectivity index (χ1v) is 6.09. The minimum Gasteiger partial charge on any atom is -0.446 e. The smallest absolute Gasteiger partial charge is 0.198 e. The number of aliphatic hydroxyl groups excluding tert-OH is 1. The summed E-state index contributed by atoms with van der Waals surface area (Å²) < 4.78 is 5.45. The summed E-state index contributed by atoms with van der Waals surface area (Å²) in [5.74, 6) is 3.57. The van der Waals surface area contributed by atoms with Crippen molar-refractivity contribution < 1.29 is 9.52 Å². The SMILES string of the molecule is Cc1nc(Nc2ccc(C)o2)cc(N(C)CCO)n1. The number of rotatable bonds is 5. The molecule has 0 amide bonds. The number of anilines is 3. The number of aliphatic hydroxyl groups is 1. The Morgan fingerprint density at radius 2 is 2.11 bits per heavy atom. The normalized spacial score (nSPS) is 10.5. The van der Waals surface area contributed by atoms with Crippen molar-refractivity contribution in [2.45, 2.75) is 13.8 Å². The van der Waals surface area contributed by atoms with E-state index in [1.807, 2.05) is 44.0 Å². The van der Waals surface area contributed by atoms with Gasteiger partial charge in [-0.25, -0.2) is 9.97 Å². The van der Waals surface area contributed by atoms with Gasteiger partial charge in [0, 0.05) is 25.7 Å². The van der Waals surface area contributed by atoms with Crippen molar-refractivity contribution >= 4 is 17.5 Å². The van der Waals surface area contributed by atoms with Crippen molar-refractivity contribution in [1.82, 2.24) is 9.97 Å².